The maximum atomic E-state index is 12.5. The molecular weight excluding hydrogens is 506 g/mol. The summed E-state index contributed by atoms with van der Waals surface area (Å²) in [7, 11) is 3.00. The van der Waals surface area contributed by atoms with Crippen molar-refractivity contribution in [2.45, 2.75) is 0 Å². The fourth-order valence-electron chi connectivity index (χ4n) is 3.42. The molecule has 12 heteroatoms. The Morgan fingerprint density at radius 2 is 1.41 bits per heavy atom. The third-order valence-electron chi connectivity index (χ3n) is 5.44. The summed E-state index contributed by atoms with van der Waals surface area (Å²) in [5.41, 5.74) is 6.39. The van der Waals surface area contributed by atoms with E-state index in [0.717, 1.165) is 0 Å². The molecule has 3 aromatic carbocycles. The molecule has 0 unspecified atom stereocenters. The summed E-state index contributed by atoms with van der Waals surface area (Å²) < 4.78 is 15.7. The van der Waals surface area contributed by atoms with Crippen LogP contribution in [0.4, 0.5) is 0 Å². The molecule has 1 aromatic heterocycles. The number of H-pyrrole nitrogens is 1. The average Bonchev–Trinajstić information content (AvgIpc) is 3.37. The number of fused-ring (bicyclic) bond motifs is 1. The number of benzene rings is 3. The third-order valence-corrected chi connectivity index (χ3v) is 5.44. The van der Waals surface area contributed by atoms with Gasteiger partial charge in [-0.2, -0.15) is 10.2 Å². The van der Waals surface area contributed by atoms with Crippen LogP contribution in [0, 0.1) is 0 Å². The van der Waals surface area contributed by atoms with Crippen LogP contribution < -0.4 is 25.1 Å². The number of hydrogen-bond donors (Lipinski definition) is 5. The summed E-state index contributed by atoms with van der Waals surface area (Å²) in [6.45, 7) is -0.309. The Labute approximate surface area is 222 Å². The zero-order chi connectivity index (χ0) is 27.8. The predicted octanol–water partition coefficient (Wildman–Crippen LogP) is 2.89. The van der Waals surface area contributed by atoms with Crippen LogP contribution in [0.3, 0.4) is 0 Å². The van der Waals surface area contributed by atoms with Crippen molar-refractivity contribution in [1.82, 2.24) is 15.8 Å². The zero-order valence-electron chi connectivity index (χ0n) is 21.0. The number of nitrogens with one attached hydrogen (secondary N) is 3. The lowest BCUT2D eigenvalue weighted by atomic mass is 10.2. The first-order valence-corrected chi connectivity index (χ1v) is 11.5. The van der Waals surface area contributed by atoms with Gasteiger partial charge in [-0.05, 0) is 60.7 Å². The molecule has 0 aliphatic carbocycles. The molecule has 0 saturated heterocycles. The van der Waals surface area contributed by atoms with Crippen LogP contribution in [0.5, 0.6) is 28.7 Å². The number of phenols is 2. The molecule has 0 atom stereocenters. The van der Waals surface area contributed by atoms with Gasteiger partial charge >= 0.3 is 0 Å². The molecule has 0 fully saturated rings. The van der Waals surface area contributed by atoms with Crippen molar-refractivity contribution >= 4 is 35.1 Å². The van der Waals surface area contributed by atoms with Crippen LogP contribution in [-0.4, -0.2) is 60.3 Å². The number of aromatic amines is 1. The SMILES string of the molecule is COc1ccc(O)c(/C=N/NC(=O)COc2ccc3[nH]c(C(=O)N/N=C/c4cc(OC)ccc4O)cc3c2)c1. The summed E-state index contributed by atoms with van der Waals surface area (Å²) in [6, 6.07) is 15.9. The minimum atomic E-state index is -0.511. The number of ether oxygens (including phenoxy) is 3. The second-order valence-electron chi connectivity index (χ2n) is 8.06. The van der Waals surface area contributed by atoms with Gasteiger partial charge in [0.1, 0.15) is 34.4 Å². The van der Waals surface area contributed by atoms with E-state index in [2.05, 4.69) is 26.0 Å². The molecule has 0 spiro atoms. The number of methoxy groups -OCH3 is 2. The first kappa shape index (κ1) is 26.5. The van der Waals surface area contributed by atoms with Crippen molar-refractivity contribution in [3.8, 4) is 28.7 Å². The summed E-state index contributed by atoms with van der Waals surface area (Å²) >= 11 is 0. The Balaban J connectivity index is 1.32. The van der Waals surface area contributed by atoms with Crippen LogP contribution in [0.25, 0.3) is 10.9 Å². The molecular formula is C27H25N5O7. The summed E-state index contributed by atoms with van der Waals surface area (Å²) in [4.78, 5) is 27.6. The topological polar surface area (TPSA) is 167 Å². The fraction of sp³-hybridized carbons (Fsp3) is 0.111. The fourth-order valence-corrected chi connectivity index (χ4v) is 3.42. The van der Waals surface area contributed by atoms with Gasteiger partial charge in [0.25, 0.3) is 11.8 Å². The molecule has 0 aliphatic heterocycles. The molecule has 200 valence electrons. The van der Waals surface area contributed by atoms with E-state index in [0.29, 0.717) is 39.3 Å². The van der Waals surface area contributed by atoms with Gasteiger partial charge < -0.3 is 29.4 Å². The van der Waals surface area contributed by atoms with Gasteiger partial charge in [-0.15, -0.1) is 0 Å². The van der Waals surface area contributed by atoms with Crippen LogP contribution in [-0.2, 0) is 4.79 Å². The Morgan fingerprint density at radius 3 is 2.03 bits per heavy atom. The van der Waals surface area contributed by atoms with Crippen molar-refractivity contribution in [2.75, 3.05) is 20.8 Å². The number of rotatable bonds is 10. The molecule has 39 heavy (non-hydrogen) atoms. The highest BCUT2D eigenvalue weighted by Gasteiger charge is 2.11. The molecule has 0 bridgehead atoms. The standard InChI is InChI=1S/C27H25N5O7/c1-37-19-4-7-24(33)17(10-19)13-28-31-26(35)15-39-21-3-6-22-16(9-21)12-23(30-22)27(36)32-29-14-18-11-20(38-2)5-8-25(18)34/h3-14,30,33-34H,15H2,1-2H3,(H,31,35)(H,32,36)/b28-13+,29-14+. The number of nitrogens with zero attached hydrogens (tertiary/aromatic N) is 2. The molecule has 4 aromatic rings. The van der Waals surface area contributed by atoms with E-state index in [9.17, 15) is 19.8 Å². The Hall–Kier alpha value is -5.52. The molecule has 0 saturated carbocycles. The minimum absolute atomic E-state index is 0.0106. The molecule has 2 amide bonds. The van der Waals surface area contributed by atoms with Gasteiger partial charge in [-0.25, -0.2) is 10.9 Å². The van der Waals surface area contributed by atoms with Crippen LogP contribution in [0.1, 0.15) is 21.6 Å². The lowest BCUT2D eigenvalue weighted by molar-refractivity contribution is -0.123. The van der Waals surface area contributed by atoms with Gasteiger partial charge in [0, 0.05) is 22.0 Å². The first-order valence-electron chi connectivity index (χ1n) is 11.5. The first-order chi connectivity index (χ1) is 18.9. The van der Waals surface area contributed by atoms with Gasteiger partial charge in [-0.3, -0.25) is 9.59 Å². The van der Waals surface area contributed by atoms with Crippen LogP contribution in [0.2, 0.25) is 0 Å². The monoisotopic (exact) mass is 531 g/mol. The molecule has 4 rings (SSSR count). The van der Waals surface area contributed by atoms with Gasteiger partial charge in [0.05, 0.1) is 26.6 Å². The van der Waals surface area contributed by atoms with Crippen molar-refractivity contribution in [1.29, 1.82) is 0 Å². The van der Waals surface area contributed by atoms with Gasteiger partial charge in [-0.1, -0.05) is 0 Å². The maximum absolute atomic E-state index is 12.5. The van der Waals surface area contributed by atoms with Crippen molar-refractivity contribution in [2.24, 2.45) is 10.2 Å². The van der Waals surface area contributed by atoms with E-state index >= 15 is 0 Å². The second kappa shape index (κ2) is 12.1. The van der Waals surface area contributed by atoms with Gasteiger partial charge in [0.15, 0.2) is 6.61 Å². The maximum Gasteiger partial charge on any atom is 0.287 e. The second-order valence-corrected chi connectivity index (χ2v) is 8.06. The van der Waals surface area contributed by atoms with E-state index in [1.807, 2.05) is 0 Å². The third kappa shape index (κ3) is 6.83. The highest BCUT2D eigenvalue weighted by atomic mass is 16.5. The number of hydrogen-bond acceptors (Lipinski definition) is 9. The Kier molecular flexibility index (Phi) is 8.27. The highest BCUT2D eigenvalue weighted by Crippen LogP contribution is 2.23. The highest BCUT2D eigenvalue weighted by molar-refractivity contribution is 5.98. The lowest BCUT2D eigenvalue weighted by Crippen LogP contribution is -2.24. The van der Waals surface area contributed by atoms with E-state index in [4.69, 9.17) is 14.2 Å². The van der Waals surface area contributed by atoms with Crippen molar-refractivity contribution < 1.29 is 34.0 Å². The smallest absolute Gasteiger partial charge is 0.287 e. The van der Waals surface area contributed by atoms with E-state index < -0.39 is 11.8 Å². The number of amides is 2. The van der Waals surface area contributed by atoms with Crippen molar-refractivity contribution in [3.05, 3.63) is 77.5 Å². The summed E-state index contributed by atoms with van der Waals surface area (Å²) in [5.74, 6) is 0.447. The van der Waals surface area contributed by atoms with Crippen molar-refractivity contribution in [3.63, 3.8) is 0 Å². The summed E-state index contributed by atoms with van der Waals surface area (Å²) in [6.07, 6.45) is 2.59. The molecule has 0 radical (unpaired) electrons. The largest absolute Gasteiger partial charge is 0.507 e. The van der Waals surface area contributed by atoms with E-state index in [-0.39, 0.29) is 23.8 Å². The number of aromatic nitrogens is 1. The molecule has 5 N–H and O–H groups in total. The Morgan fingerprint density at radius 1 is 0.821 bits per heavy atom. The normalized spacial score (nSPS) is 11.1. The van der Waals surface area contributed by atoms with Crippen LogP contribution >= 0.6 is 0 Å². The van der Waals surface area contributed by atoms with E-state index in [1.165, 1.54) is 38.8 Å². The number of carbonyl (C=O) groups excluding carboxylic acids is 2. The van der Waals surface area contributed by atoms with Crippen LogP contribution in [0.15, 0.2) is 70.9 Å². The lowest BCUT2D eigenvalue weighted by Gasteiger charge is -2.05. The minimum Gasteiger partial charge on any atom is -0.507 e. The molecule has 1 heterocycles. The number of carbonyl (C=O) groups is 2. The van der Waals surface area contributed by atoms with Gasteiger partial charge in [0.2, 0.25) is 0 Å². The summed E-state index contributed by atoms with van der Waals surface area (Å²) in [5, 5.41) is 28.1. The van der Waals surface area contributed by atoms with E-state index in [1.54, 1.807) is 48.5 Å². The average molecular weight is 532 g/mol. The number of phenolic OH excluding ortho intramolecular Hbond substituents is 2. The number of hydrazone groups is 2. The molecule has 12 nitrogen and oxygen atoms in total. The number of aromatic hydroxyl groups is 2. The zero-order valence-corrected chi connectivity index (χ0v) is 21.0. The quantitative estimate of drug-likeness (QED) is 0.155. The molecule has 0 aliphatic rings. The Bertz CT molecular complexity index is 1560. The predicted molar refractivity (Wildman–Crippen MR) is 144 cm³/mol.